The van der Waals surface area contributed by atoms with Gasteiger partial charge in [-0.3, -0.25) is 9.59 Å². The van der Waals surface area contributed by atoms with E-state index in [0.29, 0.717) is 6.42 Å². The minimum absolute atomic E-state index is 0.0451. The number of hydrogen-bond acceptors (Lipinski definition) is 3. The van der Waals surface area contributed by atoms with E-state index in [0.717, 1.165) is 0 Å². The minimum atomic E-state index is -0.522. The molecule has 1 aliphatic rings. The van der Waals surface area contributed by atoms with E-state index in [2.05, 4.69) is 5.32 Å². The largest absolute Gasteiger partial charge is 0.441 e. The lowest BCUT2D eigenvalue weighted by Crippen LogP contribution is -2.66. The van der Waals surface area contributed by atoms with Gasteiger partial charge in [0.05, 0.1) is 0 Å². The standard InChI is InChI=1S/C8H13NO3/c1-4-8(3)6(11)9-7(8)12-5(2)10/h7H,4H2,1-3H3,(H,9,11)/t7?,8-/m1/s1. The molecule has 1 unspecified atom stereocenters. The fourth-order valence-electron chi connectivity index (χ4n) is 1.16. The molecule has 1 saturated heterocycles. The molecule has 0 spiro atoms. The quantitative estimate of drug-likeness (QED) is 0.484. The van der Waals surface area contributed by atoms with Crippen molar-refractivity contribution < 1.29 is 14.3 Å². The topological polar surface area (TPSA) is 55.4 Å². The molecular formula is C8H13NO3. The molecule has 1 amide bonds. The van der Waals surface area contributed by atoms with Gasteiger partial charge in [-0.05, 0) is 13.3 Å². The van der Waals surface area contributed by atoms with Crippen LogP contribution in [0.2, 0.25) is 0 Å². The molecule has 0 bridgehead atoms. The van der Waals surface area contributed by atoms with Gasteiger partial charge in [0.15, 0.2) is 6.23 Å². The summed E-state index contributed by atoms with van der Waals surface area (Å²) in [6.07, 6.45) is 0.240. The summed E-state index contributed by atoms with van der Waals surface area (Å²) in [5.41, 5.74) is -0.522. The zero-order valence-electron chi connectivity index (χ0n) is 7.51. The Morgan fingerprint density at radius 1 is 1.75 bits per heavy atom. The number of hydrogen-bond donors (Lipinski definition) is 1. The highest BCUT2D eigenvalue weighted by Gasteiger charge is 2.52. The van der Waals surface area contributed by atoms with Crippen molar-refractivity contribution in [3.63, 3.8) is 0 Å². The van der Waals surface area contributed by atoms with E-state index in [1.807, 2.05) is 6.92 Å². The van der Waals surface area contributed by atoms with Crippen molar-refractivity contribution in [2.24, 2.45) is 5.41 Å². The van der Waals surface area contributed by atoms with Crippen molar-refractivity contribution >= 4 is 11.9 Å². The summed E-state index contributed by atoms with van der Waals surface area (Å²) in [7, 11) is 0. The molecule has 1 rings (SSSR count). The van der Waals surface area contributed by atoms with Crippen LogP contribution in [0.1, 0.15) is 27.2 Å². The molecule has 0 saturated carbocycles. The molecule has 68 valence electrons. The monoisotopic (exact) mass is 171 g/mol. The minimum Gasteiger partial charge on any atom is -0.441 e. The first kappa shape index (κ1) is 9.03. The van der Waals surface area contributed by atoms with Crippen LogP contribution in [0.25, 0.3) is 0 Å². The second-order valence-corrected chi connectivity index (χ2v) is 3.23. The third-order valence-electron chi connectivity index (χ3n) is 2.38. The molecule has 0 aliphatic carbocycles. The van der Waals surface area contributed by atoms with Crippen molar-refractivity contribution in [2.45, 2.75) is 33.4 Å². The Bertz CT molecular complexity index is 226. The van der Waals surface area contributed by atoms with Gasteiger partial charge < -0.3 is 10.1 Å². The van der Waals surface area contributed by atoms with Gasteiger partial charge >= 0.3 is 5.97 Å². The summed E-state index contributed by atoms with van der Waals surface area (Å²) in [4.78, 5) is 21.7. The average molecular weight is 171 g/mol. The first-order valence-electron chi connectivity index (χ1n) is 3.99. The second-order valence-electron chi connectivity index (χ2n) is 3.23. The maximum Gasteiger partial charge on any atom is 0.304 e. The molecule has 1 aliphatic heterocycles. The Labute approximate surface area is 71.3 Å². The molecule has 0 aromatic rings. The van der Waals surface area contributed by atoms with E-state index in [1.165, 1.54) is 6.92 Å². The van der Waals surface area contributed by atoms with Crippen LogP contribution in [0.5, 0.6) is 0 Å². The zero-order valence-corrected chi connectivity index (χ0v) is 7.51. The lowest BCUT2D eigenvalue weighted by atomic mass is 9.78. The van der Waals surface area contributed by atoms with Gasteiger partial charge in [0.2, 0.25) is 5.91 Å². The number of β-lactam (4-membered cyclic amide) rings is 1. The van der Waals surface area contributed by atoms with Gasteiger partial charge in [-0.1, -0.05) is 6.92 Å². The number of rotatable bonds is 2. The predicted molar refractivity (Wildman–Crippen MR) is 42.1 cm³/mol. The van der Waals surface area contributed by atoms with Crippen molar-refractivity contribution in [3.05, 3.63) is 0 Å². The van der Waals surface area contributed by atoms with E-state index in [9.17, 15) is 9.59 Å². The molecule has 0 aromatic carbocycles. The summed E-state index contributed by atoms with van der Waals surface area (Å²) >= 11 is 0. The highest BCUT2D eigenvalue weighted by molar-refractivity contribution is 5.89. The van der Waals surface area contributed by atoms with Gasteiger partial charge in [-0.25, -0.2) is 0 Å². The Morgan fingerprint density at radius 3 is 2.67 bits per heavy atom. The molecule has 0 radical (unpaired) electrons. The number of amides is 1. The van der Waals surface area contributed by atoms with Crippen LogP contribution in [-0.2, 0) is 14.3 Å². The Kier molecular flexibility index (Phi) is 2.08. The SMILES string of the molecule is CC[C@]1(C)C(=O)NC1OC(C)=O. The van der Waals surface area contributed by atoms with Crippen molar-refractivity contribution in [1.29, 1.82) is 0 Å². The van der Waals surface area contributed by atoms with Gasteiger partial charge in [0, 0.05) is 6.92 Å². The van der Waals surface area contributed by atoms with Crippen molar-refractivity contribution in [1.82, 2.24) is 5.32 Å². The normalized spacial score (nSPS) is 33.6. The number of nitrogens with one attached hydrogen (secondary N) is 1. The van der Waals surface area contributed by atoms with Gasteiger partial charge in [-0.15, -0.1) is 0 Å². The van der Waals surface area contributed by atoms with Gasteiger partial charge in [0.1, 0.15) is 5.41 Å². The predicted octanol–water partition coefficient (Wildman–Crippen LogP) is 0.422. The number of ether oxygens (including phenoxy) is 1. The molecule has 1 heterocycles. The Hall–Kier alpha value is -1.06. The molecular weight excluding hydrogens is 158 g/mol. The molecule has 0 aromatic heterocycles. The van der Waals surface area contributed by atoms with Crippen LogP contribution in [0.4, 0.5) is 0 Å². The summed E-state index contributed by atoms with van der Waals surface area (Å²) < 4.78 is 4.89. The summed E-state index contributed by atoms with van der Waals surface area (Å²) in [6, 6.07) is 0. The van der Waals surface area contributed by atoms with E-state index in [1.54, 1.807) is 6.92 Å². The number of carbonyl (C=O) groups excluding carboxylic acids is 2. The Balaban J connectivity index is 2.60. The zero-order chi connectivity index (χ0) is 9.35. The third-order valence-corrected chi connectivity index (χ3v) is 2.38. The summed E-state index contributed by atoms with van der Waals surface area (Å²) in [5.74, 6) is -0.407. The second kappa shape index (κ2) is 2.77. The maximum atomic E-state index is 11.1. The lowest BCUT2D eigenvalue weighted by molar-refractivity contribution is -0.180. The summed E-state index contributed by atoms with van der Waals surface area (Å²) in [5, 5.41) is 2.53. The average Bonchev–Trinajstić information content (AvgIpc) is 2.02. The van der Waals surface area contributed by atoms with Crippen LogP contribution in [-0.4, -0.2) is 18.1 Å². The molecule has 12 heavy (non-hydrogen) atoms. The van der Waals surface area contributed by atoms with E-state index in [4.69, 9.17) is 4.74 Å². The molecule has 1 fully saturated rings. The fraction of sp³-hybridized carbons (Fsp3) is 0.750. The first-order chi connectivity index (χ1) is 5.50. The van der Waals surface area contributed by atoms with Crippen LogP contribution in [0, 0.1) is 5.41 Å². The van der Waals surface area contributed by atoms with Crippen LogP contribution < -0.4 is 5.32 Å². The highest BCUT2D eigenvalue weighted by Crippen LogP contribution is 2.34. The van der Waals surface area contributed by atoms with Crippen LogP contribution >= 0.6 is 0 Å². The smallest absolute Gasteiger partial charge is 0.304 e. The van der Waals surface area contributed by atoms with Crippen molar-refractivity contribution in [2.75, 3.05) is 0 Å². The molecule has 1 N–H and O–H groups in total. The Morgan fingerprint density at radius 2 is 2.33 bits per heavy atom. The molecule has 4 heteroatoms. The van der Waals surface area contributed by atoms with E-state index >= 15 is 0 Å². The number of esters is 1. The third kappa shape index (κ3) is 1.17. The summed E-state index contributed by atoms with van der Waals surface area (Å²) in [6.45, 7) is 5.02. The van der Waals surface area contributed by atoms with Gasteiger partial charge in [-0.2, -0.15) is 0 Å². The fourth-order valence-corrected chi connectivity index (χ4v) is 1.16. The van der Waals surface area contributed by atoms with Crippen molar-refractivity contribution in [3.8, 4) is 0 Å². The van der Waals surface area contributed by atoms with Crippen LogP contribution in [0.15, 0.2) is 0 Å². The highest BCUT2D eigenvalue weighted by atomic mass is 16.6. The van der Waals surface area contributed by atoms with Crippen LogP contribution in [0.3, 0.4) is 0 Å². The van der Waals surface area contributed by atoms with E-state index < -0.39 is 11.6 Å². The molecule has 4 nitrogen and oxygen atoms in total. The van der Waals surface area contributed by atoms with E-state index in [-0.39, 0.29) is 11.9 Å². The molecule has 2 atom stereocenters. The first-order valence-corrected chi connectivity index (χ1v) is 3.99. The lowest BCUT2D eigenvalue weighted by Gasteiger charge is -2.44. The maximum absolute atomic E-state index is 11.1. The van der Waals surface area contributed by atoms with Gasteiger partial charge in [0.25, 0.3) is 0 Å². The number of carbonyl (C=O) groups is 2.